The molecule has 1 aromatic heterocycles. The summed E-state index contributed by atoms with van der Waals surface area (Å²) in [4.78, 5) is 0. The topological polar surface area (TPSA) is 56.5 Å². The standard InChI is InChI=1S/C15H20N2O3/c1-17-11(8-9-16-17)4-6-14(18)13-10-12(19-2)5-7-15(13)20-3/h5,7-10,14,18H,4,6H2,1-3H3. The number of aliphatic hydroxyl groups is 1. The van der Waals surface area contributed by atoms with Crippen molar-refractivity contribution >= 4 is 0 Å². The van der Waals surface area contributed by atoms with E-state index >= 15 is 0 Å². The molecule has 0 bridgehead atoms. The zero-order valence-corrected chi connectivity index (χ0v) is 12.0. The van der Waals surface area contributed by atoms with Gasteiger partial charge in [0.25, 0.3) is 0 Å². The lowest BCUT2D eigenvalue weighted by Crippen LogP contribution is -2.05. The van der Waals surface area contributed by atoms with Gasteiger partial charge in [-0.05, 0) is 37.1 Å². The summed E-state index contributed by atoms with van der Waals surface area (Å²) in [6.07, 6.45) is 2.50. The second-order valence-corrected chi connectivity index (χ2v) is 4.61. The number of nitrogens with zero attached hydrogens (tertiary/aromatic N) is 2. The molecule has 1 aromatic carbocycles. The smallest absolute Gasteiger partial charge is 0.124 e. The average Bonchev–Trinajstić information content (AvgIpc) is 2.89. The van der Waals surface area contributed by atoms with E-state index in [1.54, 1.807) is 20.4 Å². The van der Waals surface area contributed by atoms with Crippen molar-refractivity contribution in [1.82, 2.24) is 9.78 Å². The van der Waals surface area contributed by atoms with Gasteiger partial charge < -0.3 is 14.6 Å². The fourth-order valence-corrected chi connectivity index (χ4v) is 2.19. The minimum absolute atomic E-state index is 0.600. The second-order valence-electron chi connectivity index (χ2n) is 4.61. The number of aliphatic hydroxyl groups excluding tert-OH is 1. The van der Waals surface area contributed by atoms with Crippen LogP contribution in [0.1, 0.15) is 23.8 Å². The largest absolute Gasteiger partial charge is 0.497 e. The Bertz CT molecular complexity index is 566. The SMILES string of the molecule is COc1ccc(OC)c(C(O)CCc2ccnn2C)c1. The molecule has 5 nitrogen and oxygen atoms in total. The minimum Gasteiger partial charge on any atom is -0.497 e. The molecule has 1 unspecified atom stereocenters. The summed E-state index contributed by atoms with van der Waals surface area (Å²) in [7, 11) is 5.10. The Labute approximate surface area is 118 Å². The van der Waals surface area contributed by atoms with Crippen molar-refractivity contribution < 1.29 is 14.6 Å². The van der Waals surface area contributed by atoms with E-state index in [1.807, 2.05) is 36.0 Å². The van der Waals surface area contributed by atoms with Gasteiger partial charge in [-0.1, -0.05) is 0 Å². The molecule has 0 amide bonds. The van der Waals surface area contributed by atoms with Crippen LogP contribution in [0.2, 0.25) is 0 Å². The van der Waals surface area contributed by atoms with Crippen LogP contribution in [0.4, 0.5) is 0 Å². The highest BCUT2D eigenvalue weighted by atomic mass is 16.5. The summed E-state index contributed by atoms with van der Waals surface area (Å²) in [6, 6.07) is 7.39. The first-order valence-electron chi connectivity index (χ1n) is 6.52. The average molecular weight is 276 g/mol. The van der Waals surface area contributed by atoms with Crippen LogP contribution in [0.25, 0.3) is 0 Å². The first-order valence-corrected chi connectivity index (χ1v) is 6.52. The van der Waals surface area contributed by atoms with Crippen LogP contribution in [0.3, 0.4) is 0 Å². The number of hydrogen-bond acceptors (Lipinski definition) is 4. The first-order chi connectivity index (χ1) is 9.65. The van der Waals surface area contributed by atoms with Crippen LogP contribution in [0.15, 0.2) is 30.5 Å². The Hall–Kier alpha value is -2.01. The van der Waals surface area contributed by atoms with Crippen molar-refractivity contribution in [3.8, 4) is 11.5 Å². The molecule has 2 aromatic rings. The van der Waals surface area contributed by atoms with Crippen molar-refractivity contribution in [1.29, 1.82) is 0 Å². The maximum absolute atomic E-state index is 10.4. The lowest BCUT2D eigenvalue weighted by atomic mass is 10.0. The van der Waals surface area contributed by atoms with E-state index in [2.05, 4.69) is 5.10 Å². The fourth-order valence-electron chi connectivity index (χ4n) is 2.19. The van der Waals surface area contributed by atoms with Gasteiger partial charge in [0.05, 0.1) is 20.3 Å². The van der Waals surface area contributed by atoms with Gasteiger partial charge >= 0.3 is 0 Å². The summed E-state index contributed by atoms with van der Waals surface area (Å²) in [5, 5.41) is 14.5. The van der Waals surface area contributed by atoms with E-state index in [0.29, 0.717) is 17.9 Å². The number of aryl methyl sites for hydroxylation is 2. The third-order valence-corrected chi connectivity index (χ3v) is 3.39. The van der Waals surface area contributed by atoms with E-state index in [9.17, 15) is 5.11 Å². The summed E-state index contributed by atoms with van der Waals surface area (Å²) >= 11 is 0. The van der Waals surface area contributed by atoms with Crippen molar-refractivity contribution in [2.75, 3.05) is 14.2 Å². The molecule has 0 aliphatic rings. The summed E-state index contributed by atoms with van der Waals surface area (Å²) < 4.78 is 12.3. The van der Waals surface area contributed by atoms with Crippen molar-refractivity contribution in [3.05, 3.63) is 41.7 Å². The third kappa shape index (κ3) is 3.11. The van der Waals surface area contributed by atoms with Crippen LogP contribution in [0, 0.1) is 0 Å². The van der Waals surface area contributed by atoms with Gasteiger partial charge in [-0.15, -0.1) is 0 Å². The van der Waals surface area contributed by atoms with E-state index < -0.39 is 6.10 Å². The fraction of sp³-hybridized carbons (Fsp3) is 0.400. The maximum atomic E-state index is 10.4. The quantitative estimate of drug-likeness (QED) is 0.878. The molecule has 1 heterocycles. The molecule has 0 aliphatic carbocycles. The summed E-state index contributed by atoms with van der Waals surface area (Å²) in [6.45, 7) is 0. The van der Waals surface area contributed by atoms with Gasteiger partial charge in [-0.3, -0.25) is 4.68 Å². The molecular weight excluding hydrogens is 256 g/mol. The number of ether oxygens (including phenoxy) is 2. The molecule has 0 aliphatic heterocycles. The number of hydrogen-bond donors (Lipinski definition) is 1. The zero-order valence-electron chi connectivity index (χ0n) is 12.0. The highest BCUT2D eigenvalue weighted by Gasteiger charge is 2.15. The normalized spacial score (nSPS) is 12.2. The Morgan fingerprint density at radius 1 is 1.25 bits per heavy atom. The monoisotopic (exact) mass is 276 g/mol. The van der Waals surface area contributed by atoms with Crippen LogP contribution < -0.4 is 9.47 Å². The number of methoxy groups -OCH3 is 2. The molecule has 0 spiro atoms. The predicted molar refractivity (Wildman–Crippen MR) is 76.0 cm³/mol. The Balaban J connectivity index is 2.11. The molecule has 1 N–H and O–H groups in total. The van der Waals surface area contributed by atoms with Crippen LogP contribution in [0.5, 0.6) is 11.5 Å². The van der Waals surface area contributed by atoms with Gasteiger partial charge in [0.1, 0.15) is 11.5 Å². The number of benzene rings is 1. The Morgan fingerprint density at radius 2 is 2.05 bits per heavy atom. The van der Waals surface area contributed by atoms with Crippen LogP contribution >= 0.6 is 0 Å². The zero-order chi connectivity index (χ0) is 14.5. The van der Waals surface area contributed by atoms with Crippen LogP contribution in [-0.2, 0) is 13.5 Å². The van der Waals surface area contributed by atoms with Gasteiger partial charge in [0, 0.05) is 24.5 Å². The first kappa shape index (κ1) is 14.4. The molecule has 20 heavy (non-hydrogen) atoms. The highest BCUT2D eigenvalue weighted by Crippen LogP contribution is 2.31. The van der Waals surface area contributed by atoms with E-state index in [0.717, 1.165) is 17.7 Å². The molecule has 2 rings (SSSR count). The lowest BCUT2D eigenvalue weighted by molar-refractivity contribution is 0.162. The molecule has 108 valence electrons. The van der Waals surface area contributed by atoms with Gasteiger partial charge in [0.2, 0.25) is 0 Å². The molecule has 0 saturated heterocycles. The van der Waals surface area contributed by atoms with E-state index in [1.165, 1.54) is 0 Å². The number of aromatic nitrogens is 2. The predicted octanol–water partition coefficient (Wildman–Crippen LogP) is 2.10. The van der Waals surface area contributed by atoms with Gasteiger partial charge in [-0.25, -0.2) is 0 Å². The van der Waals surface area contributed by atoms with Crippen molar-refractivity contribution in [2.24, 2.45) is 7.05 Å². The molecule has 1 atom stereocenters. The molecule has 5 heteroatoms. The highest BCUT2D eigenvalue weighted by molar-refractivity contribution is 5.41. The Morgan fingerprint density at radius 3 is 2.65 bits per heavy atom. The van der Waals surface area contributed by atoms with Gasteiger partial charge in [0.15, 0.2) is 0 Å². The molecular formula is C15H20N2O3. The maximum Gasteiger partial charge on any atom is 0.124 e. The second kappa shape index (κ2) is 6.43. The van der Waals surface area contributed by atoms with E-state index in [4.69, 9.17) is 9.47 Å². The molecule has 0 fully saturated rings. The number of rotatable bonds is 6. The van der Waals surface area contributed by atoms with Crippen molar-refractivity contribution in [3.63, 3.8) is 0 Å². The van der Waals surface area contributed by atoms with E-state index in [-0.39, 0.29) is 0 Å². The van der Waals surface area contributed by atoms with Gasteiger partial charge in [-0.2, -0.15) is 5.10 Å². The minimum atomic E-state index is -0.602. The van der Waals surface area contributed by atoms with Crippen molar-refractivity contribution in [2.45, 2.75) is 18.9 Å². The summed E-state index contributed by atoms with van der Waals surface area (Å²) in [5.74, 6) is 1.38. The molecule has 0 radical (unpaired) electrons. The lowest BCUT2D eigenvalue weighted by Gasteiger charge is -2.16. The van der Waals surface area contributed by atoms with Crippen LogP contribution in [-0.4, -0.2) is 29.1 Å². The summed E-state index contributed by atoms with van der Waals surface area (Å²) in [5.41, 5.74) is 1.83. The molecule has 0 saturated carbocycles. The Kier molecular flexibility index (Phi) is 4.63. The third-order valence-electron chi connectivity index (χ3n) is 3.39.